The first-order valence-electron chi connectivity index (χ1n) is 6.07. The van der Waals surface area contributed by atoms with Crippen LogP contribution >= 0.6 is 0 Å². The molecule has 20 heavy (non-hydrogen) atoms. The molecule has 1 unspecified atom stereocenters. The van der Waals surface area contributed by atoms with Crippen LogP contribution in [-0.4, -0.2) is 25.7 Å². The molecule has 0 saturated heterocycles. The molecule has 0 radical (unpaired) electrons. The van der Waals surface area contributed by atoms with Gasteiger partial charge in [-0.05, 0) is 25.0 Å². The van der Waals surface area contributed by atoms with Gasteiger partial charge in [-0.15, -0.1) is 0 Å². The van der Waals surface area contributed by atoms with Crippen LogP contribution in [0.3, 0.4) is 0 Å². The van der Waals surface area contributed by atoms with Gasteiger partial charge in [0.2, 0.25) is 10.0 Å². The largest absolute Gasteiger partial charge is 0.481 e. The molecule has 7 heteroatoms. The maximum Gasteiger partial charge on any atom is 0.313 e. The second-order valence-electron chi connectivity index (χ2n) is 4.89. The van der Waals surface area contributed by atoms with Crippen molar-refractivity contribution < 1.29 is 22.7 Å². The van der Waals surface area contributed by atoms with Crippen LogP contribution in [0.25, 0.3) is 0 Å². The van der Waals surface area contributed by atoms with Gasteiger partial charge in [-0.2, -0.15) is 0 Å². The van der Waals surface area contributed by atoms with Crippen LogP contribution in [0.5, 0.6) is 0 Å². The normalized spacial score (nSPS) is 14.8. The highest BCUT2D eigenvalue weighted by Gasteiger charge is 2.33. The molecule has 0 amide bonds. The van der Waals surface area contributed by atoms with Crippen LogP contribution < -0.4 is 4.72 Å². The van der Waals surface area contributed by atoms with Gasteiger partial charge in [0.25, 0.3) is 0 Å². The molecule has 0 fully saturated rings. The van der Waals surface area contributed by atoms with Gasteiger partial charge in [-0.3, -0.25) is 4.79 Å². The number of carboxylic acids is 1. The van der Waals surface area contributed by atoms with Gasteiger partial charge in [-0.1, -0.05) is 19.1 Å². The summed E-state index contributed by atoms with van der Waals surface area (Å²) in [5.41, 5.74) is -0.639. The maximum atomic E-state index is 13.9. The number of carboxylic acid groups (broad SMARTS) is 1. The van der Waals surface area contributed by atoms with E-state index in [-0.39, 0.29) is 12.1 Å². The minimum atomic E-state index is -3.41. The van der Waals surface area contributed by atoms with Crippen LogP contribution in [0.1, 0.15) is 31.4 Å². The van der Waals surface area contributed by atoms with Crippen molar-refractivity contribution in [3.05, 3.63) is 35.1 Å². The minimum absolute atomic E-state index is 0.166. The Morgan fingerprint density at radius 3 is 2.45 bits per heavy atom. The van der Waals surface area contributed by atoms with Gasteiger partial charge in [0.15, 0.2) is 0 Å². The van der Waals surface area contributed by atoms with E-state index in [1.807, 2.05) is 0 Å². The Balaban J connectivity index is 3.07. The first-order chi connectivity index (χ1) is 9.10. The molecule has 112 valence electrons. The number of nitrogens with one attached hydrogen (secondary N) is 1. The number of aliphatic carboxylic acids is 1. The monoisotopic (exact) mass is 303 g/mol. The number of hydrogen-bond acceptors (Lipinski definition) is 3. The molecule has 5 nitrogen and oxygen atoms in total. The van der Waals surface area contributed by atoms with Gasteiger partial charge in [0, 0.05) is 12.1 Å². The first-order valence-corrected chi connectivity index (χ1v) is 7.96. The lowest BCUT2D eigenvalue weighted by atomic mass is 9.80. The second kappa shape index (κ2) is 5.88. The Kier molecular flexibility index (Phi) is 4.88. The summed E-state index contributed by atoms with van der Waals surface area (Å²) in [6, 6.07) is 4.07. The quantitative estimate of drug-likeness (QED) is 0.836. The Bertz CT molecular complexity index is 615. The van der Waals surface area contributed by atoms with Crippen LogP contribution in [0.2, 0.25) is 0 Å². The van der Waals surface area contributed by atoms with Crippen molar-refractivity contribution in [3.8, 4) is 0 Å². The zero-order chi connectivity index (χ0) is 15.6. The van der Waals surface area contributed by atoms with Gasteiger partial charge in [0.05, 0.1) is 11.7 Å². The molecule has 1 aromatic rings. The molecular weight excluding hydrogens is 285 g/mol. The summed E-state index contributed by atoms with van der Waals surface area (Å²) in [7, 11) is -3.41. The van der Waals surface area contributed by atoms with E-state index in [1.165, 1.54) is 19.1 Å². The third kappa shape index (κ3) is 3.77. The van der Waals surface area contributed by atoms with E-state index in [0.717, 1.165) is 12.3 Å². The summed E-state index contributed by atoms with van der Waals surface area (Å²) in [5, 5.41) is 9.24. The zero-order valence-electron chi connectivity index (χ0n) is 11.6. The summed E-state index contributed by atoms with van der Waals surface area (Å²) in [6.45, 7) is 3.07. The van der Waals surface area contributed by atoms with Crippen molar-refractivity contribution >= 4 is 16.0 Å². The van der Waals surface area contributed by atoms with Crippen molar-refractivity contribution in [2.24, 2.45) is 0 Å². The van der Waals surface area contributed by atoms with Crippen LogP contribution in [0.15, 0.2) is 18.2 Å². The lowest BCUT2D eigenvalue weighted by Crippen LogP contribution is -2.31. The van der Waals surface area contributed by atoms with Crippen LogP contribution in [-0.2, 0) is 26.8 Å². The van der Waals surface area contributed by atoms with E-state index < -0.39 is 27.2 Å². The second-order valence-corrected chi connectivity index (χ2v) is 6.72. The topological polar surface area (TPSA) is 83.5 Å². The molecule has 0 aliphatic rings. The SMILES string of the molecule is CCC(C)(C(=O)O)c1ccc(CNS(C)(=O)=O)c(F)c1. The molecule has 2 N–H and O–H groups in total. The van der Waals surface area contributed by atoms with Crippen molar-refractivity contribution in [1.82, 2.24) is 4.72 Å². The Labute approximate surface area is 117 Å². The molecule has 0 bridgehead atoms. The molecule has 1 rings (SSSR count). The average Bonchev–Trinajstić information content (AvgIpc) is 2.34. The molecule has 0 heterocycles. The van der Waals surface area contributed by atoms with Crippen LogP contribution in [0.4, 0.5) is 4.39 Å². The van der Waals surface area contributed by atoms with E-state index >= 15 is 0 Å². The molecule has 1 atom stereocenters. The number of sulfonamides is 1. The molecule has 0 spiro atoms. The fourth-order valence-corrected chi connectivity index (χ4v) is 2.14. The summed E-state index contributed by atoms with van der Waals surface area (Å²) >= 11 is 0. The minimum Gasteiger partial charge on any atom is -0.481 e. The van der Waals surface area contributed by atoms with E-state index in [4.69, 9.17) is 0 Å². The number of benzene rings is 1. The molecule has 0 aliphatic carbocycles. The number of hydrogen-bond donors (Lipinski definition) is 2. The highest BCUT2D eigenvalue weighted by Crippen LogP contribution is 2.29. The van der Waals surface area contributed by atoms with E-state index in [0.29, 0.717) is 12.0 Å². The standard InChI is InChI=1S/C13H18FNO4S/c1-4-13(2,12(16)17)10-6-5-9(11(14)7-10)8-15-20(3,18)19/h5-7,15H,4,8H2,1-3H3,(H,16,17). The predicted octanol–water partition coefficient (Wildman–Crippen LogP) is 1.63. The van der Waals surface area contributed by atoms with Gasteiger partial charge in [0.1, 0.15) is 5.82 Å². The lowest BCUT2D eigenvalue weighted by Gasteiger charge is -2.24. The fourth-order valence-electron chi connectivity index (χ4n) is 1.72. The van der Waals surface area contributed by atoms with Crippen molar-refractivity contribution in [2.45, 2.75) is 32.2 Å². The Morgan fingerprint density at radius 2 is 2.05 bits per heavy atom. The van der Waals surface area contributed by atoms with Crippen molar-refractivity contribution in [2.75, 3.05) is 6.26 Å². The van der Waals surface area contributed by atoms with Gasteiger partial charge >= 0.3 is 5.97 Å². The third-order valence-electron chi connectivity index (χ3n) is 3.39. The third-order valence-corrected chi connectivity index (χ3v) is 4.06. The molecule has 0 aromatic heterocycles. The van der Waals surface area contributed by atoms with Gasteiger partial charge in [-0.25, -0.2) is 17.5 Å². The molecular formula is C13H18FNO4S. The summed E-state index contributed by atoms with van der Waals surface area (Å²) in [6.07, 6.45) is 1.31. The molecule has 1 aromatic carbocycles. The van der Waals surface area contributed by atoms with Gasteiger partial charge < -0.3 is 5.11 Å². The smallest absolute Gasteiger partial charge is 0.313 e. The predicted molar refractivity (Wildman–Crippen MR) is 73.4 cm³/mol. The highest BCUT2D eigenvalue weighted by molar-refractivity contribution is 7.88. The zero-order valence-corrected chi connectivity index (χ0v) is 12.4. The fraction of sp³-hybridized carbons (Fsp3) is 0.462. The maximum absolute atomic E-state index is 13.9. The highest BCUT2D eigenvalue weighted by atomic mass is 32.2. The number of halogens is 1. The van der Waals surface area contributed by atoms with E-state index in [9.17, 15) is 22.7 Å². The Hall–Kier alpha value is -1.47. The summed E-state index contributed by atoms with van der Waals surface area (Å²) in [4.78, 5) is 11.3. The number of carbonyl (C=O) groups is 1. The van der Waals surface area contributed by atoms with E-state index in [2.05, 4.69) is 4.72 Å². The molecule has 0 saturated carbocycles. The Morgan fingerprint density at radius 1 is 1.45 bits per heavy atom. The number of rotatable bonds is 6. The molecule has 0 aliphatic heterocycles. The average molecular weight is 303 g/mol. The lowest BCUT2D eigenvalue weighted by molar-refractivity contribution is -0.143. The van der Waals surface area contributed by atoms with Crippen molar-refractivity contribution in [1.29, 1.82) is 0 Å². The van der Waals surface area contributed by atoms with Crippen LogP contribution in [0, 0.1) is 5.82 Å². The first kappa shape index (κ1) is 16.6. The van der Waals surface area contributed by atoms with Crippen molar-refractivity contribution in [3.63, 3.8) is 0 Å². The summed E-state index contributed by atoms with van der Waals surface area (Å²) in [5.74, 6) is -1.65. The van der Waals surface area contributed by atoms with E-state index in [1.54, 1.807) is 6.92 Å². The summed E-state index contributed by atoms with van der Waals surface area (Å²) < 4.78 is 38.1.